The Hall–Kier alpha value is -1.08. The van der Waals surface area contributed by atoms with E-state index in [-0.39, 0.29) is 17.1 Å². The minimum absolute atomic E-state index is 0.0138. The van der Waals surface area contributed by atoms with Crippen molar-refractivity contribution in [2.75, 3.05) is 11.9 Å². The van der Waals surface area contributed by atoms with Crippen LogP contribution in [0.3, 0.4) is 0 Å². The smallest absolute Gasteiger partial charge is 0.205 e. The number of hydrogen-bond donors (Lipinski definition) is 3. The van der Waals surface area contributed by atoms with E-state index in [4.69, 9.17) is 24.4 Å². The summed E-state index contributed by atoms with van der Waals surface area (Å²) in [6.45, 7) is 1.68. The van der Waals surface area contributed by atoms with Gasteiger partial charge in [0.1, 0.15) is 5.78 Å². The molecule has 1 aromatic rings. The van der Waals surface area contributed by atoms with Gasteiger partial charge in [0.25, 0.3) is 0 Å². The molecule has 0 fully saturated rings. The van der Waals surface area contributed by atoms with Crippen molar-refractivity contribution in [3.05, 3.63) is 9.54 Å². The lowest BCUT2D eigenvalue weighted by Crippen LogP contribution is -2.12. The van der Waals surface area contributed by atoms with E-state index < -0.39 is 0 Å². The molecule has 0 amide bonds. The van der Waals surface area contributed by atoms with Gasteiger partial charge in [-0.2, -0.15) is 4.98 Å². The second-order valence-electron chi connectivity index (χ2n) is 2.40. The average Bonchev–Trinajstić information content (AvgIpc) is 1.99. The summed E-state index contributed by atoms with van der Waals surface area (Å²) in [6.07, 6.45) is 0. The van der Waals surface area contributed by atoms with Gasteiger partial charge >= 0.3 is 0 Å². The number of carbonyl (C=O) groups is 1. The lowest BCUT2D eigenvalue weighted by Gasteiger charge is -2.01. The Bertz CT molecular complexity index is 393. The summed E-state index contributed by atoms with van der Waals surface area (Å²) >= 11 is 9.61. The lowest BCUT2D eigenvalue weighted by atomic mass is 10.4. The molecule has 7 heteroatoms. The number of Topliss-reactive ketones (excluding diaryl/α,β-unsaturated/α-hetero) is 1. The Morgan fingerprint density at radius 3 is 2.77 bits per heavy atom. The van der Waals surface area contributed by atoms with E-state index in [0.717, 1.165) is 0 Å². The van der Waals surface area contributed by atoms with Crippen LogP contribution in [0.1, 0.15) is 6.92 Å². The van der Waals surface area contributed by atoms with Crippen LogP contribution < -0.4 is 5.32 Å². The molecule has 1 rings (SSSR count). The van der Waals surface area contributed by atoms with Crippen molar-refractivity contribution in [3.63, 3.8) is 0 Å². The summed E-state index contributed by atoms with van der Waals surface area (Å²) in [4.78, 5) is 19.9. The minimum atomic E-state index is 0.0138. The summed E-state index contributed by atoms with van der Waals surface area (Å²) in [7, 11) is 0. The predicted octanol–water partition coefficient (Wildman–Crippen LogP) is 1.20. The predicted molar refractivity (Wildman–Crippen MR) is 53.8 cm³/mol. The fourth-order valence-corrected chi connectivity index (χ4v) is 1.14. The highest BCUT2D eigenvalue weighted by molar-refractivity contribution is 7.71. The summed E-state index contributed by atoms with van der Waals surface area (Å²) < 4.78 is 0.667. The molecule has 0 spiro atoms. The van der Waals surface area contributed by atoms with Crippen molar-refractivity contribution in [2.24, 2.45) is 0 Å². The molecule has 0 bridgehead atoms. The van der Waals surface area contributed by atoms with Crippen molar-refractivity contribution in [3.8, 4) is 0 Å². The van der Waals surface area contributed by atoms with Crippen molar-refractivity contribution in [1.29, 1.82) is 0 Å². The van der Waals surface area contributed by atoms with Gasteiger partial charge in [-0.15, -0.1) is 0 Å². The van der Waals surface area contributed by atoms with Gasteiger partial charge in [0.15, 0.2) is 4.77 Å². The molecule has 0 radical (unpaired) electrons. The molecule has 70 valence electrons. The largest absolute Gasteiger partial charge is 0.349 e. The first-order valence-corrected chi connectivity index (χ1v) is 4.33. The van der Waals surface area contributed by atoms with Gasteiger partial charge in [-0.1, -0.05) is 0 Å². The van der Waals surface area contributed by atoms with Gasteiger partial charge in [0.05, 0.1) is 6.54 Å². The molecule has 0 aromatic carbocycles. The number of hydrogen-bond acceptors (Lipinski definition) is 5. The second-order valence-corrected chi connectivity index (χ2v) is 3.20. The number of aromatic amines is 2. The van der Waals surface area contributed by atoms with E-state index >= 15 is 0 Å². The van der Waals surface area contributed by atoms with Crippen molar-refractivity contribution < 1.29 is 4.79 Å². The molecule has 0 aliphatic heterocycles. The van der Waals surface area contributed by atoms with Crippen LogP contribution in [-0.4, -0.2) is 27.3 Å². The quantitative estimate of drug-likeness (QED) is 0.662. The van der Waals surface area contributed by atoms with Crippen LogP contribution in [-0.2, 0) is 4.79 Å². The zero-order valence-corrected chi connectivity index (χ0v) is 8.51. The molecule has 5 nitrogen and oxygen atoms in total. The Morgan fingerprint density at radius 1 is 1.54 bits per heavy atom. The van der Waals surface area contributed by atoms with E-state index in [2.05, 4.69) is 20.3 Å². The molecular weight excluding hydrogens is 208 g/mol. The van der Waals surface area contributed by atoms with E-state index in [9.17, 15) is 4.79 Å². The van der Waals surface area contributed by atoms with Gasteiger partial charge < -0.3 is 15.3 Å². The third kappa shape index (κ3) is 3.43. The van der Waals surface area contributed by atoms with Crippen molar-refractivity contribution in [1.82, 2.24) is 15.0 Å². The standard InChI is InChI=1S/C6H8N4OS2/c1-3(11)2-7-4-8-5(12)10-6(13)9-4/h2H2,1H3,(H3,7,8,9,10,12,13). The maximum absolute atomic E-state index is 10.6. The highest BCUT2D eigenvalue weighted by Crippen LogP contribution is 1.94. The number of aromatic nitrogens is 3. The topological polar surface area (TPSA) is 73.6 Å². The molecule has 0 saturated carbocycles. The van der Waals surface area contributed by atoms with Crippen molar-refractivity contribution >= 4 is 36.2 Å². The molecule has 0 saturated heterocycles. The fraction of sp³-hybridized carbons (Fsp3) is 0.333. The Balaban J connectivity index is 2.84. The molecule has 13 heavy (non-hydrogen) atoms. The number of carbonyl (C=O) groups excluding carboxylic acids is 1. The summed E-state index contributed by atoms with van der Waals surface area (Å²) in [5.74, 6) is 0.420. The Labute approximate surface area is 84.6 Å². The maximum atomic E-state index is 10.6. The molecule has 1 heterocycles. The van der Waals surface area contributed by atoms with Crippen LogP contribution >= 0.6 is 24.4 Å². The zero-order valence-electron chi connectivity index (χ0n) is 6.88. The number of anilines is 1. The first-order valence-electron chi connectivity index (χ1n) is 3.52. The Morgan fingerprint density at radius 2 is 2.23 bits per heavy atom. The highest BCUT2D eigenvalue weighted by atomic mass is 32.1. The van der Waals surface area contributed by atoms with Gasteiger partial charge in [-0.25, -0.2) is 0 Å². The zero-order chi connectivity index (χ0) is 9.84. The van der Waals surface area contributed by atoms with E-state index in [1.165, 1.54) is 6.92 Å². The van der Waals surface area contributed by atoms with Crippen LogP contribution in [0.5, 0.6) is 0 Å². The third-order valence-electron chi connectivity index (χ3n) is 1.17. The van der Waals surface area contributed by atoms with Crippen LogP contribution in [0.4, 0.5) is 5.95 Å². The molecule has 0 aliphatic carbocycles. The Kier molecular flexibility index (Phi) is 3.26. The summed E-state index contributed by atoms with van der Waals surface area (Å²) in [6, 6.07) is 0. The molecular formula is C6H8N4OS2. The van der Waals surface area contributed by atoms with Crippen LogP contribution in [0.15, 0.2) is 0 Å². The molecule has 0 unspecified atom stereocenters. The van der Waals surface area contributed by atoms with Crippen LogP contribution in [0.25, 0.3) is 0 Å². The number of nitrogens with one attached hydrogen (secondary N) is 3. The van der Waals surface area contributed by atoms with E-state index in [1.54, 1.807) is 0 Å². The lowest BCUT2D eigenvalue weighted by molar-refractivity contribution is -0.115. The number of H-pyrrole nitrogens is 2. The fourth-order valence-electron chi connectivity index (χ4n) is 0.685. The highest BCUT2D eigenvalue weighted by Gasteiger charge is 1.95. The summed E-state index contributed by atoms with van der Waals surface area (Å²) in [5.41, 5.74) is 0. The van der Waals surface area contributed by atoms with Crippen LogP contribution in [0, 0.1) is 9.54 Å². The average molecular weight is 216 g/mol. The number of ketones is 1. The van der Waals surface area contributed by atoms with Gasteiger partial charge in [0, 0.05) is 0 Å². The van der Waals surface area contributed by atoms with E-state index in [0.29, 0.717) is 10.7 Å². The van der Waals surface area contributed by atoms with Crippen molar-refractivity contribution in [2.45, 2.75) is 6.92 Å². The van der Waals surface area contributed by atoms with Gasteiger partial charge in [-0.05, 0) is 31.4 Å². The first kappa shape index (κ1) is 10.0. The first-order chi connectivity index (χ1) is 6.08. The third-order valence-corrected chi connectivity index (χ3v) is 1.57. The monoisotopic (exact) mass is 216 g/mol. The molecule has 3 N–H and O–H groups in total. The molecule has 0 aliphatic rings. The number of rotatable bonds is 3. The molecule has 0 atom stereocenters. The number of nitrogens with zero attached hydrogens (tertiary/aromatic N) is 1. The SMILES string of the molecule is CC(=O)CNc1nc(=S)[nH]c(=S)[nH]1. The van der Waals surface area contributed by atoms with Gasteiger partial charge in [-0.3, -0.25) is 4.79 Å². The molecule has 1 aromatic heterocycles. The van der Waals surface area contributed by atoms with Crippen LogP contribution in [0.2, 0.25) is 0 Å². The summed E-state index contributed by atoms with van der Waals surface area (Å²) in [5, 5.41) is 2.76. The minimum Gasteiger partial charge on any atom is -0.349 e. The normalized spacial score (nSPS) is 9.62. The van der Waals surface area contributed by atoms with E-state index in [1.807, 2.05) is 0 Å². The van der Waals surface area contributed by atoms with Gasteiger partial charge in [0.2, 0.25) is 10.7 Å². The second kappa shape index (κ2) is 4.24. The maximum Gasteiger partial charge on any atom is 0.205 e.